The molecule has 0 saturated carbocycles. The first kappa shape index (κ1) is 15.3. The normalized spacial score (nSPS) is 10.5. The lowest BCUT2D eigenvalue weighted by Crippen LogP contribution is -2.34. The zero-order valence-electron chi connectivity index (χ0n) is 11.0. The molecule has 0 fully saturated rings. The van der Waals surface area contributed by atoms with Crippen LogP contribution in [0, 0.1) is 16.3 Å². The van der Waals surface area contributed by atoms with Crippen LogP contribution in [0.2, 0.25) is 0 Å². The van der Waals surface area contributed by atoms with E-state index >= 15 is 0 Å². The van der Waals surface area contributed by atoms with Crippen LogP contribution in [-0.2, 0) is 0 Å². The Labute approximate surface area is 130 Å². The third-order valence-corrected chi connectivity index (χ3v) is 4.20. The fourth-order valence-electron chi connectivity index (χ4n) is 2.17. The summed E-state index contributed by atoms with van der Waals surface area (Å²) >= 11 is 2.01. The standard InChI is InChI=1S/C14H13BFIO3/c1-8-6-11(9-4-3-5-10(16)7-9)13(17)12(15(18)19)14(8)20-2/h3-7,18-19H,1-2H3. The average Bonchev–Trinajstić information content (AvgIpc) is 2.40. The summed E-state index contributed by atoms with van der Waals surface area (Å²) in [4.78, 5) is 0. The first-order valence-corrected chi connectivity index (χ1v) is 7.02. The maximum absolute atomic E-state index is 13.4. The summed E-state index contributed by atoms with van der Waals surface area (Å²) in [6.07, 6.45) is 0. The van der Waals surface area contributed by atoms with Crippen molar-refractivity contribution in [1.29, 1.82) is 0 Å². The molecule has 0 unspecified atom stereocenters. The van der Waals surface area contributed by atoms with Crippen LogP contribution >= 0.6 is 22.6 Å². The van der Waals surface area contributed by atoms with E-state index in [2.05, 4.69) is 0 Å². The number of hydrogen-bond donors (Lipinski definition) is 2. The minimum Gasteiger partial charge on any atom is -0.497 e. The Balaban J connectivity index is 2.73. The molecule has 0 aliphatic heterocycles. The quantitative estimate of drug-likeness (QED) is 0.628. The monoisotopic (exact) mass is 386 g/mol. The Kier molecular flexibility index (Phi) is 4.67. The fourth-order valence-corrected chi connectivity index (χ4v) is 3.16. The van der Waals surface area contributed by atoms with Crippen LogP contribution in [0.4, 0.5) is 4.39 Å². The highest BCUT2D eigenvalue weighted by Crippen LogP contribution is 2.30. The van der Waals surface area contributed by atoms with Crippen molar-refractivity contribution >= 4 is 35.2 Å². The highest BCUT2D eigenvalue weighted by Gasteiger charge is 2.25. The van der Waals surface area contributed by atoms with Gasteiger partial charge in [0.1, 0.15) is 11.6 Å². The minimum absolute atomic E-state index is 0.298. The van der Waals surface area contributed by atoms with Crippen LogP contribution in [0.1, 0.15) is 5.56 Å². The number of methoxy groups -OCH3 is 1. The summed E-state index contributed by atoms with van der Waals surface area (Å²) in [5.41, 5.74) is 2.48. The summed E-state index contributed by atoms with van der Waals surface area (Å²) in [5.74, 6) is 0.0995. The van der Waals surface area contributed by atoms with E-state index in [1.807, 2.05) is 35.6 Å². The van der Waals surface area contributed by atoms with Gasteiger partial charge in [-0.05, 0) is 64.4 Å². The average molecular weight is 386 g/mol. The van der Waals surface area contributed by atoms with Crippen molar-refractivity contribution in [3.8, 4) is 16.9 Å². The van der Waals surface area contributed by atoms with E-state index in [1.165, 1.54) is 19.2 Å². The van der Waals surface area contributed by atoms with Crippen LogP contribution in [0.15, 0.2) is 30.3 Å². The Morgan fingerprint density at radius 3 is 2.50 bits per heavy atom. The topological polar surface area (TPSA) is 49.7 Å². The molecule has 2 N–H and O–H groups in total. The number of hydrogen-bond acceptors (Lipinski definition) is 3. The smallest absolute Gasteiger partial charge is 0.493 e. The van der Waals surface area contributed by atoms with Gasteiger partial charge in [-0.25, -0.2) is 4.39 Å². The molecule has 2 rings (SSSR count). The zero-order chi connectivity index (χ0) is 14.9. The number of halogens is 2. The molecule has 2 aromatic carbocycles. The second-order valence-electron chi connectivity index (χ2n) is 4.39. The lowest BCUT2D eigenvalue weighted by Gasteiger charge is -2.17. The van der Waals surface area contributed by atoms with Crippen molar-refractivity contribution < 1.29 is 19.2 Å². The number of rotatable bonds is 3. The SMILES string of the molecule is COc1c(C)cc(-c2cccc(F)c2)c(I)c1B(O)O. The van der Waals surface area contributed by atoms with Gasteiger partial charge in [-0.2, -0.15) is 0 Å². The lowest BCUT2D eigenvalue weighted by atomic mass is 9.77. The van der Waals surface area contributed by atoms with E-state index in [0.29, 0.717) is 20.3 Å². The van der Waals surface area contributed by atoms with Gasteiger partial charge in [-0.3, -0.25) is 0 Å². The van der Waals surface area contributed by atoms with E-state index in [0.717, 1.165) is 11.1 Å². The second kappa shape index (κ2) is 6.11. The van der Waals surface area contributed by atoms with E-state index < -0.39 is 7.12 Å². The summed E-state index contributed by atoms with van der Waals surface area (Å²) in [5, 5.41) is 19.1. The number of benzene rings is 2. The molecule has 0 aliphatic rings. The molecule has 0 bridgehead atoms. The van der Waals surface area contributed by atoms with Crippen LogP contribution in [-0.4, -0.2) is 24.3 Å². The van der Waals surface area contributed by atoms with Crippen LogP contribution < -0.4 is 10.2 Å². The van der Waals surface area contributed by atoms with Gasteiger partial charge in [-0.15, -0.1) is 0 Å². The molecule has 0 saturated heterocycles. The van der Waals surface area contributed by atoms with Crippen molar-refractivity contribution in [2.24, 2.45) is 0 Å². The highest BCUT2D eigenvalue weighted by atomic mass is 127. The summed E-state index contributed by atoms with van der Waals surface area (Å²) < 4.78 is 19.2. The molecule has 0 atom stereocenters. The Morgan fingerprint density at radius 2 is 1.95 bits per heavy atom. The first-order valence-electron chi connectivity index (χ1n) is 5.94. The van der Waals surface area contributed by atoms with Crippen molar-refractivity contribution in [3.05, 3.63) is 45.3 Å². The molecular weight excluding hydrogens is 373 g/mol. The van der Waals surface area contributed by atoms with Gasteiger partial charge in [0.2, 0.25) is 0 Å². The number of aryl methyl sites for hydroxylation is 1. The summed E-state index contributed by atoms with van der Waals surface area (Å²) in [6.45, 7) is 1.81. The predicted octanol–water partition coefficient (Wildman–Crippen LogP) is 2.09. The molecule has 0 heterocycles. The number of ether oxygens (including phenoxy) is 1. The van der Waals surface area contributed by atoms with Gasteiger partial charge in [0.05, 0.1) is 7.11 Å². The summed E-state index contributed by atoms with van der Waals surface area (Å²) in [6, 6.07) is 8.03. The van der Waals surface area contributed by atoms with Crippen LogP contribution in [0.25, 0.3) is 11.1 Å². The highest BCUT2D eigenvalue weighted by molar-refractivity contribution is 14.1. The molecule has 0 spiro atoms. The first-order chi connectivity index (χ1) is 9.45. The molecule has 104 valence electrons. The maximum Gasteiger partial charge on any atom is 0.493 e. The second-order valence-corrected chi connectivity index (χ2v) is 5.46. The van der Waals surface area contributed by atoms with Crippen LogP contribution in [0.3, 0.4) is 0 Å². The van der Waals surface area contributed by atoms with Crippen molar-refractivity contribution in [2.75, 3.05) is 7.11 Å². The van der Waals surface area contributed by atoms with E-state index in [4.69, 9.17) is 4.74 Å². The lowest BCUT2D eigenvalue weighted by molar-refractivity contribution is 0.401. The van der Waals surface area contributed by atoms with Gasteiger partial charge in [0.15, 0.2) is 0 Å². The molecule has 2 aromatic rings. The van der Waals surface area contributed by atoms with Gasteiger partial charge in [0, 0.05) is 9.03 Å². The van der Waals surface area contributed by atoms with Crippen LogP contribution in [0.5, 0.6) is 5.75 Å². The van der Waals surface area contributed by atoms with Crippen molar-refractivity contribution in [3.63, 3.8) is 0 Å². The molecule has 6 heteroatoms. The Hall–Kier alpha value is -1.12. The third-order valence-electron chi connectivity index (χ3n) is 3.03. The van der Waals surface area contributed by atoms with Gasteiger partial charge in [0.25, 0.3) is 0 Å². The molecule has 0 amide bonds. The van der Waals surface area contributed by atoms with E-state index in [-0.39, 0.29) is 5.82 Å². The van der Waals surface area contributed by atoms with Crippen molar-refractivity contribution in [2.45, 2.75) is 6.92 Å². The minimum atomic E-state index is -1.65. The molecule has 3 nitrogen and oxygen atoms in total. The Morgan fingerprint density at radius 1 is 1.25 bits per heavy atom. The van der Waals surface area contributed by atoms with E-state index in [1.54, 1.807) is 12.1 Å². The van der Waals surface area contributed by atoms with E-state index in [9.17, 15) is 14.4 Å². The predicted molar refractivity (Wildman–Crippen MR) is 85.7 cm³/mol. The summed E-state index contributed by atoms with van der Waals surface area (Å²) in [7, 11) is -0.171. The fraction of sp³-hybridized carbons (Fsp3) is 0.143. The Bertz CT molecular complexity index is 647. The third kappa shape index (κ3) is 2.82. The molecule has 0 aromatic heterocycles. The van der Waals surface area contributed by atoms with Gasteiger partial charge < -0.3 is 14.8 Å². The van der Waals surface area contributed by atoms with Gasteiger partial charge >= 0.3 is 7.12 Å². The molecule has 0 radical (unpaired) electrons. The van der Waals surface area contributed by atoms with Crippen molar-refractivity contribution in [1.82, 2.24) is 0 Å². The zero-order valence-corrected chi connectivity index (χ0v) is 13.2. The molecule has 0 aliphatic carbocycles. The van der Waals surface area contributed by atoms with Gasteiger partial charge in [-0.1, -0.05) is 12.1 Å². The maximum atomic E-state index is 13.4. The largest absolute Gasteiger partial charge is 0.497 e. The molecular formula is C14H13BFIO3. The molecule has 20 heavy (non-hydrogen) atoms.